The molecule has 2 aromatic rings. The SMILES string of the molecule is N#Cc1cc(-c2cc(NC(=O)C3CC3)ccn2)ccc1O[C@H]1CCNCC1(F)F. The number of hydrogen-bond acceptors (Lipinski definition) is 5. The summed E-state index contributed by atoms with van der Waals surface area (Å²) in [5.41, 5.74) is 1.98. The van der Waals surface area contributed by atoms with Gasteiger partial charge in [0, 0.05) is 29.8 Å². The number of carbonyl (C=O) groups is 1. The highest BCUT2D eigenvalue weighted by atomic mass is 19.3. The summed E-state index contributed by atoms with van der Waals surface area (Å²) in [5.74, 6) is -2.80. The number of benzene rings is 1. The van der Waals surface area contributed by atoms with E-state index in [-0.39, 0.29) is 29.6 Å². The molecule has 1 amide bonds. The fourth-order valence-corrected chi connectivity index (χ4v) is 3.25. The van der Waals surface area contributed by atoms with E-state index in [9.17, 15) is 18.8 Å². The minimum absolute atomic E-state index is 0.00786. The van der Waals surface area contributed by atoms with Crippen molar-refractivity contribution in [2.75, 3.05) is 18.4 Å². The predicted molar refractivity (Wildman–Crippen MR) is 103 cm³/mol. The zero-order chi connectivity index (χ0) is 20.4. The van der Waals surface area contributed by atoms with E-state index in [4.69, 9.17) is 4.74 Å². The molecule has 1 aliphatic heterocycles. The monoisotopic (exact) mass is 398 g/mol. The van der Waals surface area contributed by atoms with Gasteiger partial charge in [0.2, 0.25) is 5.91 Å². The number of halogens is 2. The molecule has 8 heteroatoms. The summed E-state index contributed by atoms with van der Waals surface area (Å²) >= 11 is 0. The lowest BCUT2D eigenvalue weighted by atomic mass is 10.0. The summed E-state index contributed by atoms with van der Waals surface area (Å²) < 4.78 is 33.6. The number of ether oxygens (including phenoxy) is 1. The Labute approximate surface area is 166 Å². The van der Waals surface area contributed by atoms with Crippen LogP contribution in [0.25, 0.3) is 11.3 Å². The molecule has 0 radical (unpaired) electrons. The normalized spacial score (nSPS) is 20.5. The summed E-state index contributed by atoms with van der Waals surface area (Å²) in [7, 11) is 0. The van der Waals surface area contributed by atoms with Crippen molar-refractivity contribution in [2.24, 2.45) is 5.92 Å². The molecule has 150 valence electrons. The van der Waals surface area contributed by atoms with Crippen molar-refractivity contribution in [3.63, 3.8) is 0 Å². The Bertz CT molecular complexity index is 969. The molecule has 2 fully saturated rings. The van der Waals surface area contributed by atoms with Crippen LogP contribution in [0.15, 0.2) is 36.5 Å². The summed E-state index contributed by atoms with van der Waals surface area (Å²) in [4.78, 5) is 16.2. The van der Waals surface area contributed by atoms with Crippen molar-refractivity contribution < 1.29 is 18.3 Å². The Balaban J connectivity index is 1.55. The van der Waals surface area contributed by atoms with Crippen molar-refractivity contribution >= 4 is 11.6 Å². The molecule has 1 atom stereocenters. The van der Waals surface area contributed by atoms with Crippen molar-refractivity contribution in [1.82, 2.24) is 10.3 Å². The summed E-state index contributed by atoms with van der Waals surface area (Å²) in [6.45, 7) is -0.00948. The number of carbonyl (C=O) groups excluding carboxylic acids is 1. The molecule has 0 unspecified atom stereocenters. The number of alkyl halides is 2. The molecule has 1 aliphatic carbocycles. The van der Waals surface area contributed by atoms with Gasteiger partial charge in [-0.05, 0) is 49.7 Å². The second kappa shape index (κ2) is 7.76. The fourth-order valence-electron chi connectivity index (χ4n) is 3.25. The van der Waals surface area contributed by atoms with Crippen LogP contribution in [0.5, 0.6) is 5.75 Å². The van der Waals surface area contributed by atoms with E-state index in [0.717, 1.165) is 12.8 Å². The average molecular weight is 398 g/mol. The maximum atomic E-state index is 14.0. The van der Waals surface area contributed by atoms with E-state index in [2.05, 4.69) is 15.6 Å². The van der Waals surface area contributed by atoms with Crippen LogP contribution in [0, 0.1) is 17.2 Å². The molecule has 1 aromatic heterocycles. The quantitative estimate of drug-likeness (QED) is 0.807. The van der Waals surface area contributed by atoms with Crippen LogP contribution in [0.4, 0.5) is 14.5 Å². The number of amides is 1. The first-order valence-electron chi connectivity index (χ1n) is 9.53. The molecule has 2 N–H and O–H groups in total. The van der Waals surface area contributed by atoms with Gasteiger partial charge in [0.1, 0.15) is 11.8 Å². The van der Waals surface area contributed by atoms with Gasteiger partial charge in [-0.2, -0.15) is 5.26 Å². The van der Waals surface area contributed by atoms with Crippen LogP contribution in [0.2, 0.25) is 0 Å². The number of nitriles is 1. The van der Waals surface area contributed by atoms with E-state index in [1.54, 1.807) is 30.5 Å². The van der Waals surface area contributed by atoms with Crippen molar-refractivity contribution in [3.8, 4) is 23.1 Å². The Morgan fingerprint density at radius 2 is 2.10 bits per heavy atom. The van der Waals surface area contributed by atoms with Gasteiger partial charge in [0.05, 0.1) is 17.8 Å². The minimum Gasteiger partial charge on any atom is -0.483 e. The van der Waals surface area contributed by atoms with Crippen LogP contribution in [0.1, 0.15) is 24.8 Å². The number of nitrogens with one attached hydrogen (secondary N) is 2. The highest BCUT2D eigenvalue weighted by Gasteiger charge is 2.43. The standard InChI is InChI=1S/C21H20F2N4O2/c22-21(23)12-25-7-6-19(21)29-18-4-3-14(9-15(18)11-24)17-10-16(5-8-26-17)27-20(28)13-1-2-13/h3-5,8-10,13,19,25H,1-2,6-7,12H2,(H,26,27,28)/t19-/m0/s1. The van der Waals surface area contributed by atoms with Crippen LogP contribution < -0.4 is 15.4 Å². The Morgan fingerprint density at radius 1 is 1.28 bits per heavy atom. The molecule has 2 heterocycles. The lowest BCUT2D eigenvalue weighted by Gasteiger charge is -2.32. The number of nitrogens with zero attached hydrogens (tertiary/aromatic N) is 2. The van der Waals surface area contributed by atoms with Gasteiger partial charge >= 0.3 is 0 Å². The van der Waals surface area contributed by atoms with Gasteiger partial charge < -0.3 is 15.4 Å². The van der Waals surface area contributed by atoms with Gasteiger partial charge in [0.25, 0.3) is 5.92 Å². The molecule has 6 nitrogen and oxygen atoms in total. The third kappa shape index (κ3) is 4.35. The first-order valence-corrected chi connectivity index (χ1v) is 9.53. The molecule has 2 aliphatic rings. The van der Waals surface area contributed by atoms with Crippen LogP contribution in [0.3, 0.4) is 0 Å². The third-order valence-electron chi connectivity index (χ3n) is 5.06. The largest absolute Gasteiger partial charge is 0.483 e. The van der Waals surface area contributed by atoms with E-state index < -0.39 is 18.6 Å². The van der Waals surface area contributed by atoms with Crippen molar-refractivity contribution in [3.05, 3.63) is 42.1 Å². The molecule has 0 bridgehead atoms. The van der Waals surface area contributed by atoms with E-state index in [1.807, 2.05) is 6.07 Å². The predicted octanol–water partition coefficient (Wildman–Crippen LogP) is 3.34. The zero-order valence-electron chi connectivity index (χ0n) is 15.6. The molecular formula is C21H20F2N4O2. The molecule has 29 heavy (non-hydrogen) atoms. The molecule has 1 saturated carbocycles. The van der Waals surface area contributed by atoms with Crippen LogP contribution in [-0.2, 0) is 4.79 Å². The van der Waals surface area contributed by atoms with Crippen LogP contribution >= 0.6 is 0 Å². The Kier molecular flexibility index (Phi) is 5.16. The van der Waals surface area contributed by atoms with Gasteiger partial charge in [0.15, 0.2) is 6.10 Å². The lowest BCUT2D eigenvalue weighted by Crippen LogP contribution is -2.52. The second-order valence-corrected chi connectivity index (χ2v) is 7.35. The topological polar surface area (TPSA) is 87.0 Å². The average Bonchev–Trinajstić information content (AvgIpc) is 3.55. The molecule has 4 rings (SSSR count). The maximum absolute atomic E-state index is 14.0. The number of aromatic nitrogens is 1. The second-order valence-electron chi connectivity index (χ2n) is 7.35. The molecule has 1 aromatic carbocycles. The van der Waals surface area contributed by atoms with E-state index in [0.29, 0.717) is 23.5 Å². The van der Waals surface area contributed by atoms with E-state index in [1.165, 1.54) is 6.07 Å². The highest BCUT2D eigenvalue weighted by molar-refractivity contribution is 5.94. The minimum atomic E-state index is -3.00. The summed E-state index contributed by atoms with van der Waals surface area (Å²) in [6.07, 6.45) is 2.27. The first-order chi connectivity index (χ1) is 14.0. The summed E-state index contributed by atoms with van der Waals surface area (Å²) in [6, 6.07) is 10.2. The maximum Gasteiger partial charge on any atom is 0.296 e. The van der Waals surface area contributed by atoms with Crippen molar-refractivity contribution in [1.29, 1.82) is 5.26 Å². The fraction of sp³-hybridized carbons (Fsp3) is 0.381. The van der Waals surface area contributed by atoms with Gasteiger partial charge in [-0.15, -0.1) is 0 Å². The van der Waals surface area contributed by atoms with Gasteiger partial charge in [-0.25, -0.2) is 8.78 Å². The van der Waals surface area contributed by atoms with Crippen molar-refractivity contribution in [2.45, 2.75) is 31.3 Å². The lowest BCUT2D eigenvalue weighted by molar-refractivity contribution is -0.117. The van der Waals surface area contributed by atoms with Gasteiger partial charge in [-0.1, -0.05) is 0 Å². The Morgan fingerprint density at radius 3 is 2.83 bits per heavy atom. The number of hydrogen-bond donors (Lipinski definition) is 2. The Hall–Kier alpha value is -3.05. The van der Waals surface area contributed by atoms with Gasteiger partial charge in [-0.3, -0.25) is 9.78 Å². The summed E-state index contributed by atoms with van der Waals surface area (Å²) in [5, 5.41) is 15.0. The molecule has 0 spiro atoms. The molecular weight excluding hydrogens is 378 g/mol. The van der Waals surface area contributed by atoms with E-state index >= 15 is 0 Å². The number of piperidine rings is 1. The smallest absolute Gasteiger partial charge is 0.296 e. The molecule has 1 saturated heterocycles. The van der Waals surface area contributed by atoms with Crippen LogP contribution in [-0.4, -0.2) is 36.0 Å². The first kappa shape index (κ1) is 19.3. The highest BCUT2D eigenvalue weighted by Crippen LogP contribution is 2.33. The zero-order valence-corrected chi connectivity index (χ0v) is 15.6. The number of anilines is 1. The third-order valence-corrected chi connectivity index (χ3v) is 5.06. The number of rotatable bonds is 5. The number of pyridine rings is 1.